The van der Waals surface area contributed by atoms with Gasteiger partial charge in [-0.25, -0.2) is 4.39 Å². The minimum atomic E-state index is -4.69. The Morgan fingerprint density at radius 3 is 2.41 bits per heavy atom. The number of benzene rings is 2. The molecule has 0 radical (unpaired) electrons. The Morgan fingerprint density at radius 1 is 1.00 bits per heavy atom. The summed E-state index contributed by atoms with van der Waals surface area (Å²) < 4.78 is 55.2. The van der Waals surface area contributed by atoms with Crippen molar-refractivity contribution < 1.29 is 26.9 Å². The molecule has 3 aromatic rings. The van der Waals surface area contributed by atoms with E-state index in [2.05, 4.69) is 19.8 Å². The lowest BCUT2D eigenvalue weighted by molar-refractivity contribution is -0.159. The van der Waals surface area contributed by atoms with E-state index in [0.29, 0.717) is 23.3 Å². The second kappa shape index (κ2) is 6.49. The molecule has 0 bridgehead atoms. The van der Waals surface area contributed by atoms with E-state index in [1.165, 1.54) is 12.1 Å². The summed E-state index contributed by atoms with van der Waals surface area (Å²) in [6, 6.07) is 12.6. The first-order chi connectivity index (χ1) is 12.9. The zero-order valence-corrected chi connectivity index (χ0v) is 13.6. The molecule has 1 aliphatic rings. The van der Waals surface area contributed by atoms with Gasteiger partial charge in [-0.2, -0.15) is 18.2 Å². The molecule has 0 amide bonds. The smallest absolute Gasteiger partial charge is 0.387 e. The van der Waals surface area contributed by atoms with Crippen molar-refractivity contribution in [2.45, 2.75) is 18.7 Å². The van der Waals surface area contributed by atoms with Gasteiger partial charge in [0.05, 0.1) is 5.71 Å². The van der Waals surface area contributed by atoms with E-state index in [4.69, 9.17) is 4.84 Å². The maximum atomic E-state index is 13.3. The Morgan fingerprint density at radius 2 is 1.74 bits per heavy atom. The lowest BCUT2D eigenvalue weighted by atomic mass is 9.99. The number of hydrogen-bond acceptors (Lipinski definition) is 5. The van der Waals surface area contributed by atoms with E-state index >= 15 is 0 Å². The molecule has 0 fully saturated rings. The lowest BCUT2D eigenvalue weighted by Crippen LogP contribution is -2.04. The van der Waals surface area contributed by atoms with Gasteiger partial charge in [0.2, 0.25) is 5.82 Å². The molecule has 9 heteroatoms. The van der Waals surface area contributed by atoms with E-state index in [1.54, 1.807) is 36.4 Å². The van der Waals surface area contributed by atoms with Crippen molar-refractivity contribution in [3.8, 4) is 11.4 Å². The highest BCUT2D eigenvalue weighted by molar-refractivity contribution is 6.01. The Hall–Kier alpha value is -3.23. The molecule has 2 aromatic carbocycles. The summed E-state index contributed by atoms with van der Waals surface area (Å²) in [6.45, 7) is 0. The second-order valence-corrected chi connectivity index (χ2v) is 5.89. The van der Waals surface area contributed by atoms with Crippen molar-refractivity contribution in [1.29, 1.82) is 0 Å². The highest BCUT2D eigenvalue weighted by Crippen LogP contribution is 2.31. The summed E-state index contributed by atoms with van der Waals surface area (Å²) in [7, 11) is 0. The third-order valence-corrected chi connectivity index (χ3v) is 4.03. The van der Waals surface area contributed by atoms with Crippen molar-refractivity contribution in [3.63, 3.8) is 0 Å². The third kappa shape index (κ3) is 3.53. The SMILES string of the molecule is Fc1cccc(C2CC(c3ccc(-c4noc(C(F)(F)F)n4)cc3)=NO2)c1. The van der Waals surface area contributed by atoms with Crippen molar-refractivity contribution >= 4 is 5.71 Å². The standard InChI is InChI=1S/C18H11F4N3O2/c19-13-3-1-2-12(8-13)15-9-14(24-26-15)10-4-6-11(7-5-10)16-23-17(27-25-16)18(20,21)22/h1-8,15H,9H2. The predicted molar refractivity (Wildman–Crippen MR) is 86.1 cm³/mol. The van der Waals surface area contributed by atoms with Crippen LogP contribution in [0.1, 0.15) is 29.5 Å². The molecular formula is C18H11F4N3O2. The van der Waals surface area contributed by atoms with Crippen LogP contribution in [0.25, 0.3) is 11.4 Å². The average Bonchev–Trinajstić information content (AvgIpc) is 3.32. The molecule has 1 unspecified atom stereocenters. The molecule has 1 aliphatic heterocycles. The largest absolute Gasteiger partial charge is 0.471 e. The summed E-state index contributed by atoms with van der Waals surface area (Å²) in [5, 5.41) is 7.37. The molecule has 2 heterocycles. The Balaban J connectivity index is 1.49. The molecule has 5 nitrogen and oxygen atoms in total. The number of halogens is 4. The molecule has 27 heavy (non-hydrogen) atoms. The molecule has 0 saturated heterocycles. The fraction of sp³-hybridized carbons (Fsp3) is 0.167. The summed E-state index contributed by atoms with van der Waals surface area (Å²) in [6.07, 6.45) is -4.63. The van der Waals surface area contributed by atoms with Crippen LogP contribution in [-0.2, 0) is 11.0 Å². The monoisotopic (exact) mass is 377 g/mol. The number of alkyl halides is 3. The maximum absolute atomic E-state index is 13.3. The van der Waals surface area contributed by atoms with Crippen molar-refractivity contribution in [3.05, 3.63) is 71.4 Å². The van der Waals surface area contributed by atoms with E-state index in [1.807, 2.05) is 0 Å². The third-order valence-electron chi connectivity index (χ3n) is 4.03. The van der Waals surface area contributed by atoms with Gasteiger partial charge < -0.3 is 9.36 Å². The average molecular weight is 377 g/mol. The molecule has 1 aromatic heterocycles. The van der Waals surface area contributed by atoms with E-state index in [9.17, 15) is 17.6 Å². The van der Waals surface area contributed by atoms with Crippen LogP contribution in [0.15, 0.2) is 58.2 Å². The van der Waals surface area contributed by atoms with Gasteiger partial charge in [0, 0.05) is 12.0 Å². The molecule has 138 valence electrons. The van der Waals surface area contributed by atoms with Gasteiger partial charge in [-0.3, -0.25) is 0 Å². The fourth-order valence-electron chi connectivity index (χ4n) is 2.70. The second-order valence-electron chi connectivity index (χ2n) is 5.89. The van der Waals surface area contributed by atoms with Crippen molar-refractivity contribution in [2.24, 2.45) is 5.16 Å². The zero-order chi connectivity index (χ0) is 19.0. The Kier molecular flexibility index (Phi) is 4.14. The molecule has 0 spiro atoms. The van der Waals surface area contributed by atoms with Gasteiger partial charge >= 0.3 is 12.1 Å². The van der Waals surface area contributed by atoms with Crippen LogP contribution in [-0.4, -0.2) is 15.9 Å². The molecule has 0 aliphatic carbocycles. The van der Waals surface area contributed by atoms with Crippen LogP contribution in [0.5, 0.6) is 0 Å². The lowest BCUT2D eigenvalue weighted by Gasteiger charge is -2.08. The van der Waals surface area contributed by atoms with Gasteiger partial charge in [0.1, 0.15) is 5.82 Å². The summed E-state index contributed by atoms with van der Waals surface area (Å²) >= 11 is 0. The number of nitrogens with zero attached hydrogens (tertiary/aromatic N) is 3. The summed E-state index contributed by atoms with van der Waals surface area (Å²) in [5.41, 5.74) is 2.44. The predicted octanol–water partition coefficient (Wildman–Crippen LogP) is 4.76. The first kappa shape index (κ1) is 17.2. The fourth-order valence-corrected chi connectivity index (χ4v) is 2.70. The number of rotatable bonds is 3. The normalized spacial score (nSPS) is 16.9. The quantitative estimate of drug-likeness (QED) is 0.618. The Bertz CT molecular complexity index is 996. The minimum Gasteiger partial charge on any atom is -0.387 e. The molecule has 0 saturated carbocycles. The number of hydrogen-bond donors (Lipinski definition) is 0. The van der Waals surface area contributed by atoms with E-state index in [0.717, 1.165) is 5.56 Å². The number of oxime groups is 1. The first-order valence-electron chi connectivity index (χ1n) is 7.90. The highest BCUT2D eigenvalue weighted by atomic mass is 19.4. The van der Waals surface area contributed by atoms with Crippen LogP contribution in [0, 0.1) is 5.82 Å². The summed E-state index contributed by atoms with van der Waals surface area (Å²) in [4.78, 5) is 8.72. The van der Waals surface area contributed by atoms with Crippen molar-refractivity contribution in [1.82, 2.24) is 10.1 Å². The van der Waals surface area contributed by atoms with Gasteiger partial charge in [0.25, 0.3) is 0 Å². The maximum Gasteiger partial charge on any atom is 0.471 e. The molecular weight excluding hydrogens is 366 g/mol. The first-order valence-corrected chi connectivity index (χ1v) is 7.90. The van der Waals surface area contributed by atoms with Crippen LogP contribution >= 0.6 is 0 Å². The highest BCUT2D eigenvalue weighted by Gasteiger charge is 2.38. The number of aromatic nitrogens is 2. The summed E-state index contributed by atoms with van der Waals surface area (Å²) in [5.74, 6) is -1.91. The van der Waals surface area contributed by atoms with Crippen LogP contribution in [0.2, 0.25) is 0 Å². The zero-order valence-electron chi connectivity index (χ0n) is 13.6. The van der Waals surface area contributed by atoms with E-state index < -0.39 is 12.1 Å². The molecule has 1 atom stereocenters. The van der Waals surface area contributed by atoms with Gasteiger partial charge in [-0.05, 0) is 23.3 Å². The molecule has 0 N–H and O–H groups in total. The molecule has 4 rings (SSSR count). The van der Waals surface area contributed by atoms with E-state index in [-0.39, 0.29) is 17.7 Å². The van der Waals surface area contributed by atoms with Crippen LogP contribution in [0.3, 0.4) is 0 Å². The van der Waals surface area contributed by atoms with Crippen LogP contribution < -0.4 is 0 Å². The van der Waals surface area contributed by atoms with Crippen LogP contribution in [0.4, 0.5) is 17.6 Å². The van der Waals surface area contributed by atoms with Gasteiger partial charge in [-0.15, -0.1) is 0 Å². The van der Waals surface area contributed by atoms with Gasteiger partial charge in [-0.1, -0.05) is 46.7 Å². The minimum absolute atomic E-state index is 0.156. The Labute approximate surface area is 150 Å². The topological polar surface area (TPSA) is 60.5 Å². The van der Waals surface area contributed by atoms with Gasteiger partial charge in [0.15, 0.2) is 6.10 Å². The van der Waals surface area contributed by atoms with Crippen molar-refractivity contribution in [2.75, 3.05) is 0 Å².